The third-order valence-electron chi connectivity index (χ3n) is 2.82. The third-order valence-corrected chi connectivity index (χ3v) is 2.82. The first-order chi connectivity index (χ1) is 9.41. The Labute approximate surface area is 119 Å². The fourth-order valence-corrected chi connectivity index (χ4v) is 1.90. The second-order valence-corrected chi connectivity index (χ2v) is 5.07. The van der Waals surface area contributed by atoms with Crippen LogP contribution in [0.3, 0.4) is 0 Å². The molecule has 0 aliphatic rings. The Morgan fingerprint density at radius 3 is 2.65 bits per heavy atom. The van der Waals surface area contributed by atoms with Crippen LogP contribution in [0.25, 0.3) is 0 Å². The third kappa shape index (κ3) is 4.49. The van der Waals surface area contributed by atoms with Crippen molar-refractivity contribution in [2.24, 2.45) is 0 Å². The molecular weight excluding hydrogens is 259 g/mol. The predicted octanol–water partition coefficient (Wildman–Crippen LogP) is 2.80. The lowest BCUT2D eigenvalue weighted by Crippen LogP contribution is -2.40. The molecule has 0 aromatic heterocycles. The summed E-state index contributed by atoms with van der Waals surface area (Å²) in [6.07, 6.45) is 0. The van der Waals surface area contributed by atoms with Gasteiger partial charge in [0.15, 0.2) is 0 Å². The van der Waals surface area contributed by atoms with Crippen LogP contribution in [0.4, 0.5) is 10.1 Å². The van der Waals surface area contributed by atoms with Gasteiger partial charge in [-0.3, -0.25) is 4.79 Å². The van der Waals surface area contributed by atoms with E-state index in [2.05, 4.69) is 10.6 Å². The molecule has 4 nitrogen and oxygen atoms in total. The number of amides is 1. The van der Waals surface area contributed by atoms with Crippen LogP contribution in [0, 0.1) is 5.82 Å². The molecule has 1 aromatic carbocycles. The molecule has 112 valence electrons. The van der Waals surface area contributed by atoms with Crippen LogP contribution in [-0.2, 0) is 4.74 Å². The predicted molar refractivity (Wildman–Crippen MR) is 78.6 cm³/mol. The molecule has 1 amide bonds. The number of benzene rings is 1. The average molecular weight is 282 g/mol. The minimum absolute atomic E-state index is 0.238. The smallest absolute Gasteiger partial charge is 0.253 e. The van der Waals surface area contributed by atoms with E-state index in [1.807, 2.05) is 27.7 Å². The number of anilines is 1. The summed E-state index contributed by atoms with van der Waals surface area (Å²) in [6.45, 7) is 9.03. The van der Waals surface area contributed by atoms with Gasteiger partial charge in [0, 0.05) is 19.7 Å². The molecule has 2 N–H and O–H groups in total. The zero-order valence-electron chi connectivity index (χ0n) is 12.5. The van der Waals surface area contributed by atoms with Crippen LogP contribution < -0.4 is 10.6 Å². The van der Waals surface area contributed by atoms with Gasteiger partial charge >= 0.3 is 0 Å². The maximum absolute atomic E-state index is 13.7. The molecule has 20 heavy (non-hydrogen) atoms. The maximum Gasteiger partial charge on any atom is 0.253 e. The Kier molecular flexibility index (Phi) is 5.95. The van der Waals surface area contributed by atoms with Crippen LogP contribution in [0.5, 0.6) is 0 Å². The number of para-hydroxylation sites is 1. The molecule has 0 saturated carbocycles. The lowest BCUT2D eigenvalue weighted by atomic mass is 10.1. The Morgan fingerprint density at radius 1 is 1.35 bits per heavy atom. The monoisotopic (exact) mass is 282 g/mol. The molecule has 1 rings (SSSR count). The number of halogens is 1. The highest BCUT2D eigenvalue weighted by atomic mass is 19.1. The minimum Gasteiger partial charge on any atom is -0.382 e. The Morgan fingerprint density at radius 2 is 2.05 bits per heavy atom. The summed E-state index contributed by atoms with van der Waals surface area (Å²) in [5.74, 6) is -0.739. The fraction of sp³-hybridized carbons (Fsp3) is 0.533. The average Bonchev–Trinajstić information content (AvgIpc) is 2.38. The van der Waals surface area contributed by atoms with Gasteiger partial charge in [-0.15, -0.1) is 0 Å². The van der Waals surface area contributed by atoms with Gasteiger partial charge in [0.25, 0.3) is 5.91 Å². The van der Waals surface area contributed by atoms with Crippen LogP contribution in [-0.4, -0.2) is 31.2 Å². The summed E-state index contributed by atoms with van der Waals surface area (Å²) >= 11 is 0. The van der Waals surface area contributed by atoms with Crippen molar-refractivity contribution < 1.29 is 13.9 Å². The van der Waals surface area contributed by atoms with E-state index in [4.69, 9.17) is 4.74 Å². The number of hydrogen-bond acceptors (Lipinski definition) is 3. The summed E-state index contributed by atoms with van der Waals surface area (Å²) < 4.78 is 19.2. The first kappa shape index (κ1) is 16.4. The highest BCUT2D eigenvalue weighted by Gasteiger charge is 2.20. The van der Waals surface area contributed by atoms with Crippen molar-refractivity contribution >= 4 is 11.6 Å². The Hall–Kier alpha value is -1.62. The molecule has 0 aliphatic heterocycles. The van der Waals surface area contributed by atoms with Crippen molar-refractivity contribution in [1.82, 2.24) is 5.32 Å². The van der Waals surface area contributed by atoms with Crippen LogP contribution in [0.15, 0.2) is 18.2 Å². The van der Waals surface area contributed by atoms with Crippen LogP contribution in [0.1, 0.15) is 38.1 Å². The highest BCUT2D eigenvalue weighted by molar-refractivity contribution is 5.99. The first-order valence-corrected chi connectivity index (χ1v) is 6.85. The molecule has 5 heteroatoms. The molecule has 0 heterocycles. The van der Waals surface area contributed by atoms with E-state index in [-0.39, 0.29) is 11.6 Å². The van der Waals surface area contributed by atoms with E-state index >= 15 is 0 Å². The maximum atomic E-state index is 13.7. The second-order valence-electron chi connectivity index (χ2n) is 5.07. The lowest BCUT2D eigenvalue weighted by molar-refractivity contribution is -0.00815. The van der Waals surface area contributed by atoms with E-state index in [1.54, 1.807) is 6.07 Å². The van der Waals surface area contributed by atoms with E-state index in [0.29, 0.717) is 25.3 Å². The van der Waals surface area contributed by atoms with E-state index in [0.717, 1.165) is 0 Å². The first-order valence-electron chi connectivity index (χ1n) is 6.85. The SMILES string of the molecule is CCNc1c(F)cccc1C(=O)NCC(C)(C)OCC. The molecule has 0 spiro atoms. The number of nitrogens with one attached hydrogen (secondary N) is 2. The van der Waals surface area contributed by atoms with E-state index in [9.17, 15) is 9.18 Å². The molecule has 0 atom stereocenters. The topological polar surface area (TPSA) is 50.4 Å². The van der Waals surface area contributed by atoms with Crippen molar-refractivity contribution in [3.05, 3.63) is 29.6 Å². The summed E-state index contributed by atoms with van der Waals surface area (Å²) in [7, 11) is 0. The molecule has 0 bridgehead atoms. The van der Waals surface area contributed by atoms with Gasteiger partial charge in [0.05, 0.1) is 16.9 Å². The minimum atomic E-state index is -0.448. The number of carbonyl (C=O) groups excluding carboxylic acids is 1. The molecule has 1 aromatic rings. The molecule has 0 fully saturated rings. The quantitative estimate of drug-likeness (QED) is 0.808. The van der Waals surface area contributed by atoms with Crippen molar-refractivity contribution in [2.75, 3.05) is 25.0 Å². The standard InChI is InChI=1S/C15H23FN2O2/c1-5-17-13-11(8-7-9-12(13)16)14(19)18-10-15(3,4)20-6-2/h7-9,17H,5-6,10H2,1-4H3,(H,18,19). The second kappa shape index (κ2) is 7.24. The zero-order valence-corrected chi connectivity index (χ0v) is 12.5. The van der Waals surface area contributed by atoms with Crippen molar-refractivity contribution in [2.45, 2.75) is 33.3 Å². The molecule has 0 radical (unpaired) electrons. The van der Waals surface area contributed by atoms with E-state index < -0.39 is 11.4 Å². The molecule has 0 aliphatic carbocycles. The summed E-state index contributed by atoms with van der Waals surface area (Å²) in [6, 6.07) is 4.46. The summed E-state index contributed by atoms with van der Waals surface area (Å²) in [4.78, 5) is 12.2. The number of carbonyl (C=O) groups is 1. The number of ether oxygens (including phenoxy) is 1. The highest BCUT2D eigenvalue weighted by Crippen LogP contribution is 2.20. The number of hydrogen-bond donors (Lipinski definition) is 2. The van der Waals surface area contributed by atoms with Gasteiger partial charge in [-0.1, -0.05) is 6.07 Å². The van der Waals surface area contributed by atoms with Crippen molar-refractivity contribution in [3.63, 3.8) is 0 Å². The van der Waals surface area contributed by atoms with Crippen molar-refractivity contribution in [1.29, 1.82) is 0 Å². The molecule has 0 saturated heterocycles. The van der Waals surface area contributed by atoms with Gasteiger partial charge in [-0.25, -0.2) is 4.39 Å². The normalized spacial score (nSPS) is 11.2. The van der Waals surface area contributed by atoms with Gasteiger partial charge in [0.2, 0.25) is 0 Å². The summed E-state index contributed by atoms with van der Waals surface area (Å²) in [5.41, 5.74) is 0.0941. The molecular formula is C15H23FN2O2. The Balaban J connectivity index is 2.80. The number of rotatable bonds is 7. The van der Waals surface area contributed by atoms with Crippen LogP contribution in [0.2, 0.25) is 0 Å². The van der Waals surface area contributed by atoms with E-state index in [1.165, 1.54) is 12.1 Å². The van der Waals surface area contributed by atoms with Gasteiger partial charge in [0.1, 0.15) is 5.82 Å². The lowest BCUT2D eigenvalue weighted by Gasteiger charge is -2.25. The van der Waals surface area contributed by atoms with Crippen LogP contribution >= 0.6 is 0 Å². The molecule has 0 unspecified atom stereocenters. The van der Waals surface area contributed by atoms with Crippen molar-refractivity contribution in [3.8, 4) is 0 Å². The Bertz CT molecular complexity index is 461. The van der Waals surface area contributed by atoms with Gasteiger partial charge < -0.3 is 15.4 Å². The largest absolute Gasteiger partial charge is 0.382 e. The fourth-order valence-electron chi connectivity index (χ4n) is 1.90. The summed E-state index contributed by atoms with van der Waals surface area (Å²) in [5, 5.41) is 5.66. The van der Waals surface area contributed by atoms with Gasteiger partial charge in [-0.05, 0) is 39.8 Å². The zero-order chi connectivity index (χ0) is 15.2. The van der Waals surface area contributed by atoms with Gasteiger partial charge in [-0.2, -0.15) is 0 Å².